The van der Waals surface area contributed by atoms with Gasteiger partial charge in [0.1, 0.15) is 11.6 Å². The second-order valence-corrected chi connectivity index (χ2v) is 6.62. The third-order valence-electron chi connectivity index (χ3n) is 5.20. The molecule has 3 heterocycles. The maximum Gasteiger partial charge on any atom is 0.146 e. The van der Waals surface area contributed by atoms with E-state index in [9.17, 15) is 0 Å². The van der Waals surface area contributed by atoms with Crippen LogP contribution in [0.1, 0.15) is 24.5 Å². The molecule has 0 amide bonds. The van der Waals surface area contributed by atoms with E-state index in [1.165, 1.54) is 39.0 Å². The Kier molecular flexibility index (Phi) is 2.67. The van der Waals surface area contributed by atoms with Crippen LogP contribution >= 0.6 is 0 Å². The number of rotatable bonds is 3. The van der Waals surface area contributed by atoms with Crippen LogP contribution in [0.15, 0.2) is 0 Å². The third kappa shape index (κ3) is 2.09. The van der Waals surface area contributed by atoms with E-state index in [4.69, 9.17) is 0 Å². The van der Waals surface area contributed by atoms with Crippen molar-refractivity contribution in [3.63, 3.8) is 0 Å². The first kappa shape index (κ1) is 11.9. The first-order chi connectivity index (χ1) is 9.20. The van der Waals surface area contributed by atoms with Gasteiger partial charge in [0.25, 0.3) is 0 Å². The van der Waals surface area contributed by atoms with Crippen LogP contribution in [0.3, 0.4) is 0 Å². The normalized spacial score (nSPS) is 32.1. The second kappa shape index (κ2) is 4.28. The molecular formula is C14H23N5. The van der Waals surface area contributed by atoms with E-state index in [2.05, 4.69) is 31.6 Å². The van der Waals surface area contributed by atoms with E-state index in [-0.39, 0.29) is 0 Å². The minimum absolute atomic E-state index is 0.898. The lowest BCUT2D eigenvalue weighted by atomic mass is 10.0. The number of aromatic nitrogens is 3. The van der Waals surface area contributed by atoms with E-state index in [1.807, 2.05) is 6.92 Å². The van der Waals surface area contributed by atoms with Gasteiger partial charge in [-0.2, -0.15) is 0 Å². The summed E-state index contributed by atoms with van der Waals surface area (Å²) in [4.78, 5) is 5.31. The van der Waals surface area contributed by atoms with E-state index < -0.39 is 0 Å². The molecule has 0 spiro atoms. The summed E-state index contributed by atoms with van der Waals surface area (Å²) in [7, 11) is 2.07. The van der Waals surface area contributed by atoms with Gasteiger partial charge >= 0.3 is 0 Å². The summed E-state index contributed by atoms with van der Waals surface area (Å²) in [6.07, 6.45) is 2.89. The number of nitrogens with zero attached hydrogens (tertiary/aromatic N) is 5. The molecule has 1 aromatic rings. The highest BCUT2D eigenvalue weighted by molar-refractivity contribution is 5.00. The Morgan fingerprint density at radius 1 is 1.05 bits per heavy atom. The first-order valence-corrected chi connectivity index (χ1v) is 7.52. The molecule has 0 N–H and O–H groups in total. The highest BCUT2D eigenvalue weighted by atomic mass is 15.3. The molecule has 3 fully saturated rings. The Balaban J connectivity index is 1.37. The standard InChI is InChI=1S/C14H23N5/c1-10-15-16-14(17(10)2)9-18-5-11-7-19(13-3-4-13)8-12(11)6-18/h11-13H,3-9H2,1-2H3. The monoisotopic (exact) mass is 261 g/mol. The van der Waals surface area contributed by atoms with Gasteiger partial charge in [0.05, 0.1) is 6.54 Å². The van der Waals surface area contributed by atoms with Crippen molar-refractivity contribution in [3.05, 3.63) is 11.6 Å². The summed E-state index contributed by atoms with van der Waals surface area (Å²) < 4.78 is 2.12. The minimum atomic E-state index is 0.898. The number of hydrogen-bond donors (Lipinski definition) is 0. The summed E-state index contributed by atoms with van der Waals surface area (Å²) in [5.74, 6) is 3.91. The fourth-order valence-corrected chi connectivity index (χ4v) is 3.78. The van der Waals surface area contributed by atoms with E-state index in [1.54, 1.807) is 0 Å². The zero-order chi connectivity index (χ0) is 13.0. The fraction of sp³-hybridized carbons (Fsp3) is 0.857. The SMILES string of the molecule is Cc1nnc(CN2CC3CN(C4CC4)CC3C2)n1C. The summed E-state index contributed by atoms with van der Waals surface area (Å²) in [5.41, 5.74) is 0. The number of likely N-dealkylation sites (tertiary alicyclic amines) is 2. The van der Waals surface area contributed by atoms with Crippen LogP contribution in [0.25, 0.3) is 0 Å². The molecule has 1 aromatic heterocycles. The lowest BCUT2D eigenvalue weighted by Gasteiger charge is -2.20. The average Bonchev–Trinajstić information content (AvgIpc) is 2.97. The van der Waals surface area contributed by atoms with E-state index in [0.29, 0.717) is 0 Å². The summed E-state index contributed by atoms with van der Waals surface area (Å²) >= 11 is 0. The van der Waals surface area contributed by atoms with Gasteiger partial charge in [-0.15, -0.1) is 10.2 Å². The van der Waals surface area contributed by atoms with Crippen molar-refractivity contribution in [2.45, 2.75) is 32.4 Å². The molecule has 0 aromatic carbocycles. The molecule has 2 saturated heterocycles. The summed E-state index contributed by atoms with van der Waals surface area (Å²) in [5, 5.41) is 8.44. The van der Waals surface area contributed by atoms with E-state index >= 15 is 0 Å². The van der Waals surface area contributed by atoms with Crippen LogP contribution in [0.5, 0.6) is 0 Å². The molecule has 2 unspecified atom stereocenters. The lowest BCUT2D eigenvalue weighted by Crippen LogP contribution is -2.30. The zero-order valence-corrected chi connectivity index (χ0v) is 11.9. The number of hydrogen-bond acceptors (Lipinski definition) is 4. The van der Waals surface area contributed by atoms with Crippen LogP contribution in [0, 0.1) is 18.8 Å². The Hall–Kier alpha value is -0.940. The molecule has 3 aliphatic rings. The number of fused-ring (bicyclic) bond motifs is 1. The molecule has 4 rings (SSSR count). The molecule has 5 heteroatoms. The molecule has 5 nitrogen and oxygen atoms in total. The molecule has 19 heavy (non-hydrogen) atoms. The fourth-order valence-electron chi connectivity index (χ4n) is 3.78. The van der Waals surface area contributed by atoms with Crippen LogP contribution < -0.4 is 0 Å². The summed E-state index contributed by atoms with van der Waals surface area (Å²) in [6, 6.07) is 0.945. The van der Waals surface area contributed by atoms with Gasteiger partial charge in [0, 0.05) is 39.3 Å². The van der Waals surface area contributed by atoms with Gasteiger partial charge < -0.3 is 4.57 Å². The van der Waals surface area contributed by atoms with Crippen molar-refractivity contribution in [2.75, 3.05) is 26.2 Å². The molecule has 104 valence electrons. The predicted molar refractivity (Wildman–Crippen MR) is 72.6 cm³/mol. The van der Waals surface area contributed by atoms with Crippen molar-refractivity contribution in [2.24, 2.45) is 18.9 Å². The minimum Gasteiger partial charge on any atom is -0.317 e. The zero-order valence-electron chi connectivity index (χ0n) is 11.9. The summed E-state index contributed by atoms with van der Waals surface area (Å²) in [6.45, 7) is 8.16. The molecule has 1 saturated carbocycles. The average molecular weight is 261 g/mol. The topological polar surface area (TPSA) is 37.2 Å². The van der Waals surface area contributed by atoms with Gasteiger partial charge in [-0.1, -0.05) is 0 Å². The van der Waals surface area contributed by atoms with Gasteiger partial charge in [-0.3, -0.25) is 9.80 Å². The quantitative estimate of drug-likeness (QED) is 0.800. The van der Waals surface area contributed by atoms with Gasteiger partial charge in [-0.25, -0.2) is 0 Å². The largest absolute Gasteiger partial charge is 0.317 e. The van der Waals surface area contributed by atoms with Crippen molar-refractivity contribution < 1.29 is 0 Å². The first-order valence-electron chi connectivity index (χ1n) is 7.52. The van der Waals surface area contributed by atoms with E-state index in [0.717, 1.165) is 36.1 Å². The van der Waals surface area contributed by atoms with Crippen molar-refractivity contribution in [3.8, 4) is 0 Å². The molecule has 2 aliphatic heterocycles. The van der Waals surface area contributed by atoms with Gasteiger partial charge in [0.2, 0.25) is 0 Å². The maximum atomic E-state index is 4.29. The lowest BCUT2D eigenvalue weighted by molar-refractivity contribution is 0.240. The smallest absolute Gasteiger partial charge is 0.146 e. The van der Waals surface area contributed by atoms with Crippen molar-refractivity contribution in [1.82, 2.24) is 24.6 Å². The Bertz CT molecular complexity index is 464. The third-order valence-corrected chi connectivity index (χ3v) is 5.20. The van der Waals surface area contributed by atoms with Crippen molar-refractivity contribution in [1.29, 1.82) is 0 Å². The Morgan fingerprint density at radius 2 is 1.74 bits per heavy atom. The highest BCUT2D eigenvalue weighted by Gasteiger charge is 2.44. The second-order valence-electron chi connectivity index (χ2n) is 6.62. The van der Waals surface area contributed by atoms with Crippen LogP contribution in [-0.2, 0) is 13.6 Å². The molecule has 1 aliphatic carbocycles. The predicted octanol–water partition coefficient (Wildman–Crippen LogP) is 0.650. The Morgan fingerprint density at radius 3 is 2.26 bits per heavy atom. The van der Waals surface area contributed by atoms with Crippen LogP contribution in [0.2, 0.25) is 0 Å². The van der Waals surface area contributed by atoms with Crippen LogP contribution in [-0.4, -0.2) is 56.8 Å². The molecule has 0 bridgehead atoms. The van der Waals surface area contributed by atoms with Crippen LogP contribution in [0.4, 0.5) is 0 Å². The molecule has 0 radical (unpaired) electrons. The van der Waals surface area contributed by atoms with Gasteiger partial charge in [0.15, 0.2) is 0 Å². The van der Waals surface area contributed by atoms with Gasteiger partial charge in [-0.05, 0) is 31.6 Å². The molecular weight excluding hydrogens is 238 g/mol. The molecule has 2 atom stereocenters. The highest BCUT2D eigenvalue weighted by Crippen LogP contribution is 2.38. The number of aryl methyl sites for hydroxylation is 1. The Labute approximate surface area is 114 Å². The maximum absolute atomic E-state index is 4.29. The van der Waals surface area contributed by atoms with Crippen molar-refractivity contribution >= 4 is 0 Å².